The van der Waals surface area contributed by atoms with E-state index >= 15 is 8.42 Å². The summed E-state index contributed by atoms with van der Waals surface area (Å²) < 4.78 is 71.0. The summed E-state index contributed by atoms with van der Waals surface area (Å²) in [6.07, 6.45) is -4.22. The van der Waals surface area contributed by atoms with Crippen LogP contribution in [-0.4, -0.2) is 105 Å². The molecule has 0 unspecified atom stereocenters. The number of guanidine groups is 2. The van der Waals surface area contributed by atoms with Crippen molar-refractivity contribution in [1.29, 1.82) is 0 Å². The molecule has 0 saturated heterocycles. The van der Waals surface area contributed by atoms with Crippen LogP contribution in [0.25, 0.3) is 0 Å². The van der Waals surface area contributed by atoms with E-state index in [1.54, 1.807) is 134 Å². The van der Waals surface area contributed by atoms with Crippen molar-refractivity contribution in [3.05, 3.63) is 125 Å². The van der Waals surface area contributed by atoms with E-state index in [1.807, 2.05) is 0 Å². The largest absolute Gasteiger partial charge is 0.460 e. The van der Waals surface area contributed by atoms with Gasteiger partial charge < -0.3 is 44.6 Å². The van der Waals surface area contributed by atoms with Gasteiger partial charge in [-0.05, 0) is 157 Å². The molecule has 0 spiro atoms. The second kappa shape index (κ2) is 27.5. The molecule has 1 atom stereocenters. The van der Waals surface area contributed by atoms with E-state index < -0.39 is 124 Å². The van der Waals surface area contributed by atoms with Gasteiger partial charge in [0.2, 0.25) is 11.9 Å². The summed E-state index contributed by atoms with van der Waals surface area (Å²) in [6, 6.07) is 21.4. The maximum Gasteiger partial charge on any atom is 0.425 e. The van der Waals surface area contributed by atoms with Crippen LogP contribution in [0.5, 0.6) is 5.75 Å². The van der Waals surface area contributed by atoms with Gasteiger partial charge in [-0.15, -0.1) is 0 Å². The lowest BCUT2D eigenvalue weighted by atomic mass is 10.1. The molecule has 0 fully saturated rings. The van der Waals surface area contributed by atoms with Gasteiger partial charge in [0, 0.05) is 6.54 Å². The molecular weight excluding hydrogens is 1100 g/mol. The van der Waals surface area contributed by atoms with Crippen LogP contribution in [0.4, 0.5) is 25.8 Å². The Hall–Kier alpha value is -8.58. The van der Waals surface area contributed by atoms with E-state index in [9.17, 15) is 33.6 Å². The predicted molar refractivity (Wildman–Crippen MR) is 307 cm³/mol. The van der Waals surface area contributed by atoms with Gasteiger partial charge in [-0.1, -0.05) is 60.7 Å². The number of nitrogens with zero attached hydrogens (tertiary/aromatic N) is 4. The number of carbonyl (C=O) groups is 7. The first-order valence-corrected chi connectivity index (χ1v) is 27.5. The summed E-state index contributed by atoms with van der Waals surface area (Å²) in [5.41, 5.74) is 7.19. The molecule has 4 rings (SSSR count). The first-order chi connectivity index (χ1) is 38.2. The second-order valence-corrected chi connectivity index (χ2v) is 25.4. The number of hydrogen-bond acceptors (Lipinski definition) is 18. The number of hydrogen-bond donors (Lipinski definition) is 4. The van der Waals surface area contributed by atoms with Crippen LogP contribution < -0.4 is 26.8 Å². The summed E-state index contributed by atoms with van der Waals surface area (Å²) in [5.74, 6) is -5.11. The fraction of sp³-hybridized carbons (Fsp3) is 0.431. The number of aliphatic imine (C=N–C) groups is 2. The normalized spacial score (nSPS) is 13.0. The van der Waals surface area contributed by atoms with Crippen LogP contribution >= 0.6 is 0 Å². The lowest BCUT2D eigenvalue weighted by molar-refractivity contribution is -0.167. The van der Waals surface area contributed by atoms with Gasteiger partial charge in [0.1, 0.15) is 52.1 Å². The number of nitrogens with one attached hydrogen (secondary N) is 2. The highest BCUT2D eigenvalue weighted by Gasteiger charge is 2.45. The molecule has 4 aromatic rings. The molecule has 83 heavy (non-hydrogen) atoms. The number of ether oxygens (including phenoxy) is 7. The third-order valence-corrected chi connectivity index (χ3v) is 11.9. The number of benzene rings is 4. The molecule has 6 N–H and O–H groups in total. The first-order valence-electron chi connectivity index (χ1n) is 26.1. The highest BCUT2D eigenvalue weighted by Crippen LogP contribution is 2.34. The molecule has 3 amide bonds. The molecule has 4 aromatic carbocycles. The average molecular weight is 1170 g/mol. The Bertz CT molecular complexity index is 3170. The van der Waals surface area contributed by atoms with E-state index in [2.05, 4.69) is 20.6 Å². The smallest absolute Gasteiger partial charge is 0.425 e. The highest BCUT2D eigenvalue weighted by molar-refractivity contribution is 7.87. The minimum atomic E-state index is -5.36. The Morgan fingerprint density at radius 3 is 1.61 bits per heavy atom. The molecule has 0 saturated carbocycles. The maximum atomic E-state index is 15.6. The van der Waals surface area contributed by atoms with Gasteiger partial charge in [0.15, 0.2) is 0 Å². The van der Waals surface area contributed by atoms with Crippen molar-refractivity contribution < 1.29 is 75.1 Å². The molecule has 0 radical (unpaired) electrons. The summed E-state index contributed by atoms with van der Waals surface area (Å²) in [7, 11) is -5.36. The minimum absolute atomic E-state index is 0.0254. The number of carbonyl (C=O) groups excluding carboxylic acids is 7. The van der Waals surface area contributed by atoms with Crippen LogP contribution in [0.1, 0.15) is 148 Å². The number of nitrogens with two attached hydrogens (primary N) is 2. The van der Waals surface area contributed by atoms with Crippen molar-refractivity contribution >= 4 is 75.7 Å². The van der Waals surface area contributed by atoms with Crippen LogP contribution in [0.2, 0.25) is 0 Å². The molecule has 450 valence electrons. The van der Waals surface area contributed by atoms with Crippen molar-refractivity contribution in [1.82, 2.24) is 19.2 Å². The van der Waals surface area contributed by atoms with Gasteiger partial charge in [0.25, 0.3) is 0 Å². The lowest BCUT2D eigenvalue weighted by Gasteiger charge is -2.35. The van der Waals surface area contributed by atoms with Crippen molar-refractivity contribution in [2.45, 2.75) is 164 Å². The predicted octanol–water partition coefficient (Wildman–Crippen LogP) is 9.13. The number of amides is 3. The zero-order chi connectivity index (χ0) is 62.5. The fourth-order valence-electron chi connectivity index (χ4n) is 7.05. The van der Waals surface area contributed by atoms with E-state index in [-0.39, 0.29) is 39.4 Å². The first kappa shape index (κ1) is 66.9. The number of rotatable bonds is 17. The average Bonchev–Trinajstić information content (AvgIpc) is 3.14. The van der Waals surface area contributed by atoms with Crippen LogP contribution in [-0.2, 0) is 67.9 Å². The third kappa shape index (κ3) is 23.1. The van der Waals surface area contributed by atoms with E-state index in [4.69, 9.17) is 44.6 Å². The summed E-state index contributed by atoms with van der Waals surface area (Å²) in [6.45, 7) is 22.2. The Balaban J connectivity index is 1.85. The molecule has 0 aromatic heterocycles. The molecule has 25 heteroatoms. The molecule has 0 heterocycles. The maximum absolute atomic E-state index is 15.6. The number of esters is 4. The van der Waals surface area contributed by atoms with Gasteiger partial charge in [-0.2, -0.15) is 17.0 Å². The van der Waals surface area contributed by atoms with Gasteiger partial charge in [-0.25, -0.2) is 34.0 Å². The van der Waals surface area contributed by atoms with Crippen molar-refractivity contribution in [2.75, 3.05) is 0 Å². The molecule has 0 aliphatic heterocycles. The Morgan fingerprint density at radius 1 is 0.554 bits per heavy atom. The zero-order valence-electron chi connectivity index (χ0n) is 49.5. The molecular formula is C58H76N8O16S. The van der Waals surface area contributed by atoms with Gasteiger partial charge >= 0.3 is 52.4 Å². The van der Waals surface area contributed by atoms with Crippen molar-refractivity contribution in [2.24, 2.45) is 21.5 Å². The van der Waals surface area contributed by atoms with Crippen molar-refractivity contribution in [3.63, 3.8) is 0 Å². The Morgan fingerprint density at radius 2 is 1.07 bits per heavy atom. The number of para-hydroxylation sites is 1. The van der Waals surface area contributed by atoms with Crippen LogP contribution in [0.15, 0.2) is 107 Å². The Kier molecular flexibility index (Phi) is 22.1. The van der Waals surface area contributed by atoms with Gasteiger partial charge in [0.05, 0.1) is 29.8 Å². The molecule has 0 bridgehead atoms. The second-order valence-electron chi connectivity index (χ2n) is 23.6. The van der Waals surface area contributed by atoms with Gasteiger partial charge in [-0.3, -0.25) is 20.2 Å². The van der Waals surface area contributed by atoms with Crippen LogP contribution in [0.3, 0.4) is 0 Å². The number of alkyl carbamates (subject to hydrolysis) is 2. The minimum Gasteiger partial charge on any atom is -0.460 e. The summed E-state index contributed by atoms with van der Waals surface area (Å²) in [5, 5.41) is 4.54. The van der Waals surface area contributed by atoms with E-state index in [0.29, 0.717) is 14.2 Å². The van der Waals surface area contributed by atoms with Crippen LogP contribution in [0, 0.1) is 0 Å². The quantitative estimate of drug-likeness (QED) is 0.0252. The lowest BCUT2D eigenvalue weighted by Crippen LogP contribution is -2.54. The van der Waals surface area contributed by atoms with E-state index in [0.717, 1.165) is 0 Å². The zero-order valence-corrected chi connectivity index (χ0v) is 50.3. The van der Waals surface area contributed by atoms with E-state index in [1.165, 1.54) is 66.7 Å². The standard InChI is InChI=1S/C58H76N8O16S/c1-54(2,3)78-44(67)32-43(48(70)80-56(7,8)9)65(34-38-23-19-24-39(31-38)46(68)79-55(4,5)6)83(74,75)66(53(73)76-35-37-21-17-16-18-22-37)33-36-27-29-40(30-28-36)77-47(69)41-25-20-26-42(61-49(59)63-51(71)81-57(10,11)12)45(41)62-50(60)64-52(72)82-58(13,14)15/h16-31,43H,32-35H2,1-15H3,(H3,59,61,63,71)(H3,60,62,64,72)/t43-/m0/s1. The third-order valence-electron chi connectivity index (χ3n) is 10.1. The molecule has 0 aliphatic rings. The monoisotopic (exact) mass is 1170 g/mol. The van der Waals surface area contributed by atoms with Crippen molar-refractivity contribution in [3.8, 4) is 5.75 Å². The topological polar surface area (TPSA) is 326 Å². The summed E-state index contributed by atoms with van der Waals surface area (Å²) in [4.78, 5) is 104. The summed E-state index contributed by atoms with van der Waals surface area (Å²) >= 11 is 0. The Labute approximate surface area is 484 Å². The molecule has 0 aliphatic carbocycles. The fourth-order valence-corrected chi connectivity index (χ4v) is 8.66. The highest BCUT2D eigenvalue weighted by atomic mass is 32.2. The SMILES string of the molecule is CC(C)(C)OC(=O)C[C@@H](C(=O)OC(C)(C)C)N(Cc1cccc(C(=O)OC(C)(C)C)c1)S(=O)(=O)N(Cc1ccc(OC(=O)c2cccc(N=C(N)NC(=O)OC(C)(C)C)c2N=C(N)NC(=O)OC(C)(C)C)cc1)C(=O)OCc1ccccc1. The molecule has 24 nitrogen and oxygen atoms in total.